The highest BCUT2D eigenvalue weighted by Crippen LogP contribution is 2.28. The van der Waals surface area contributed by atoms with E-state index in [1.54, 1.807) is 0 Å². The second-order valence-electron chi connectivity index (χ2n) is 3.22. The number of carbonyl (C=O) groups excluding carboxylic acids is 1. The van der Waals surface area contributed by atoms with Crippen molar-refractivity contribution in [3.05, 3.63) is 29.1 Å². The Morgan fingerprint density at radius 2 is 2.25 bits per heavy atom. The summed E-state index contributed by atoms with van der Waals surface area (Å²) >= 11 is 0. The van der Waals surface area contributed by atoms with Crippen LogP contribution in [0.25, 0.3) is 0 Å². The first-order valence-electron chi connectivity index (χ1n) is 4.64. The van der Waals surface area contributed by atoms with Crippen LogP contribution in [0.3, 0.4) is 0 Å². The molecular formula is C11H11F2NO2. The monoisotopic (exact) mass is 227 g/mol. The van der Waals surface area contributed by atoms with Crippen molar-refractivity contribution >= 4 is 6.08 Å². The molecule has 0 amide bonds. The van der Waals surface area contributed by atoms with Crippen molar-refractivity contribution in [2.45, 2.75) is 19.6 Å². The smallest absolute Gasteiger partial charge is 0.235 e. The van der Waals surface area contributed by atoms with Gasteiger partial charge in [-0.1, -0.05) is 0 Å². The van der Waals surface area contributed by atoms with Gasteiger partial charge in [0.05, 0.1) is 13.7 Å². The first-order chi connectivity index (χ1) is 7.60. The van der Waals surface area contributed by atoms with E-state index in [-0.39, 0.29) is 17.9 Å². The summed E-state index contributed by atoms with van der Waals surface area (Å²) in [5, 5.41) is 0. The first-order valence-corrected chi connectivity index (χ1v) is 4.64. The van der Waals surface area contributed by atoms with Gasteiger partial charge < -0.3 is 4.74 Å². The number of halogens is 2. The molecule has 3 nitrogen and oxygen atoms in total. The molecule has 0 N–H and O–H groups in total. The molecular weight excluding hydrogens is 216 g/mol. The van der Waals surface area contributed by atoms with E-state index in [9.17, 15) is 13.6 Å². The Morgan fingerprint density at radius 3 is 2.75 bits per heavy atom. The normalized spacial score (nSPS) is 11.8. The number of hydrogen-bond acceptors (Lipinski definition) is 3. The molecule has 0 aliphatic rings. The molecule has 0 saturated carbocycles. The highest BCUT2D eigenvalue weighted by atomic mass is 19.1. The minimum absolute atomic E-state index is 0.0246. The number of nitrogens with zero attached hydrogens (tertiary/aromatic N) is 1. The number of ether oxygens (including phenoxy) is 1. The minimum Gasteiger partial charge on any atom is -0.493 e. The van der Waals surface area contributed by atoms with Crippen molar-refractivity contribution in [1.29, 1.82) is 0 Å². The Kier molecular flexibility index (Phi) is 4.14. The molecule has 1 aromatic rings. The third-order valence-corrected chi connectivity index (χ3v) is 2.12. The van der Waals surface area contributed by atoms with Crippen LogP contribution in [0.2, 0.25) is 0 Å². The molecule has 0 aromatic heterocycles. The molecule has 0 spiro atoms. The van der Waals surface area contributed by atoms with E-state index in [1.165, 1.54) is 26.2 Å². The van der Waals surface area contributed by atoms with Crippen LogP contribution in [0.5, 0.6) is 5.75 Å². The molecule has 1 unspecified atom stereocenters. The fraction of sp³-hybridized carbons (Fsp3) is 0.364. The van der Waals surface area contributed by atoms with Crippen LogP contribution in [0.1, 0.15) is 24.2 Å². The zero-order valence-corrected chi connectivity index (χ0v) is 8.96. The number of hydrogen-bond donors (Lipinski definition) is 0. The zero-order chi connectivity index (χ0) is 12.1. The summed E-state index contributed by atoms with van der Waals surface area (Å²) in [7, 11) is 1.30. The summed E-state index contributed by atoms with van der Waals surface area (Å²) in [5.41, 5.74) is 0.514. The predicted molar refractivity (Wildman–Crippen MR) is 54.3 cm³/mol. The molecule has 16 heavy (non-hydrogen) atoms. The molecule has 1 rings (SSSR count). The third-order valence-electron chi connectivity index (χ3n) is 2.12. The average Bonchev–Trinajstić information content (AvgIpc) is 2.25. The second kappa shape index (κ2) is 5.37. The van der Waals surface area contributed by atoms with E-state index in [2.05, 4.69) is 4.99 Å². The molecule has 0 aliphatic carbocycles. The molecule has 0 bridgehead atoms. The number of isocyanates is 1. The van der Waals surface area contributed by atoms with E-state index in [4.69, 9.17) is 4.74 Å². The highest BCUT2D eigenvalue weighted by Gasteiger charge is 2.14. The van der Waals surface area contributed by atoms with E-state index >= 15 is 0 Å². The van der Waals surface area contributed by atoms with Gasteiger partial charge in [0.15, 0.2) is 11.6 Å². The Bertz CT molecular complexity index is 426. The van der Waals surface area contributed by atoms with E-state index in [0.29, 0.717) is 5.56 Å². The van der Waals surface area contributed by atoms with Crippen LogP contribution < -0.4 is 4.74 Å². The lowest BCUT2D eigenvalue weighted by atomic mass is 10.1. The summed E-state index contributed by atoms with van der Waals surface area (Å²) in [5.74, 6) is -0.691. The van der Waals surface area contributed by atoms with Crippen LogP contribution in [0.15, 0.2) is 17.1 Å². The van der Waals surface area contributed by atoms with E-state index in [0.717, 1.165) is 6.07 Å². The van der Waals surface area contributed by atoms with Crippen molar-refractivity contribution in [1.82, 2.24) is 0 Å². The Morgan fingerprint density at radius 1 is 1.56 bits per heavy atom. The summed E-state index contributed by atoms with van der Waals surface area (Å²) in [6.45, 7) is 1.22. The van der Waals surface area contributed by atoms with Gasteiger partial charge in [-0.25, -0.2) is 18.6 Å². The molecule has 86 valence electrons. The molecule has 0 fully saturated rings. The number of methoxy groups -OCH3 is 1. The van der Waals surface area contributed by atoms with E-state index in [1.807, 2.05) is 0 Å². The highest BCUT2D eigenvalue weighted by molar-refractivity contribution is 5.41. The molecule has 1 aromatic carbocycles. The van der Waals surface area contributed by atoms with Crippen molar-refractivity contribution < 1.29 is 18.3 Å². The molecule has 0 radical (unpaired) electrons. The maximum absolute atomic E-state index is 13.5. The summed E-state index contributed by atoms with van der Waals surface area (Å²) < 4.78 is 31.3. The predicted octanol–water partition coefficient (Wildman–Crippen LogP) is 2.70. The lowest BCUT2D eigenvalue weighted by Gasteiger charge is -2.10. The van der Waals surface area contributed by atoms with Gasteiger partial charge in [0, 0.05) is 5.56 Å². The summed E-state index contributed by atoms with van der Waals surface area (Å²) in [6, 6.07) is 2.49. The summed E-state index contributed by atoms with van der Waals surface area (Å²) in [4.78, 5) is 13.3. The number of benzene rings is 1. The second-order valence-corrected chi connectivity index (χ2v) is 3.22. The largest absolute Gasteiger partial charge is 0.493 e. The van der Waals surface area contributed by atoms with Crippen LogP contribution in [0, 0.1) is 5.82 Å². The Labute approximate surface area is 91.8 Å². The number of rotatable bonds is 4. The van der Waals surface area contributed by atoms with Gasteiger partial charge in [0.1, 0.15) is 6.17 Å². The van der Waals surface area contributed by atoms with Gasteiger partial charge in [-0.05, 0) is 24.6 Å². The average molecular weight is 227 g/mol. The topological polar surface area (TPSA) is 38.7 Å². The van der Waals surface area contributed by atoms with Crippen molar-refractivity contribution in [3.8, 4) is 5.75 Å². The Hall–Kier alpha value is -1.74. The standard InChI is InChI=1S/C11H11F2NO2/c1-7(12)8-3-9(5-14-6-15)11(16-2)10(13)4-8/h3-4,7H,5H2,1-2H3. The van der Waals surface area contributed by atoms with Crippen molar-refractivity contribution in [2.24, 2.45) is 4.99 Å². The molecule has 0 saturated heterocycles. The van der Waals surface area contributed by atoms with Gasteiger partial charge in [0.25, 0.3) is 0 Å². The van der Waals surface area contributed by atoms with Gasteiger partial charge in [-0.3, -0.25) is 0 Å². The number of aliphatic imine (C=N–C) groups is 1. The maximum atomic E-state index is 13.5. The summed E-state index contributed by atoms with van der Waals surface area (Å²) in [6.07, 6.45) is 0.0466. The van der Waals surface area contributed by atoms with Gasteiger partial charge >= 0.3 is 0 Å². The molecule has 1 atom stereocenters. The third kappa shape index (κ3) is 2.64. The van der Waals surface area contributed by atoms with Crippen LogP contribution in [-0.4, -0.2) is 13.2 Å². The molecule has 0 heterocycles. The van der Waals surface area contributed by atoms with Crippen LogP contribution >= 0.6 is 0 Å². The van der Waals surface area contributed by atoms with Crippen LogP contribution in [0.4, 0.5) is 8.78 Å². The minimum atomic E-state index is -1.29. The fourth-order valence-corrected chi connectivity index (χ4v) is 1.37. The lowest BCUT2D eigenvalue weighted by Crippen LogP contribution is -1.98. The number of alkyl halides is 1. The first kappa shape index (κ1) is 12.3. The zero-order valence-electron chi connectivity index (χ0n) is 8.96. The van der Waals surface area contributed by atoms with Gasteiger partial charge in [-0.2, -0.15) is 0 Å². The van der Waals surface area contributed by atoms with Crippen molar-refractivity contribution in [3.63, 3.8) is 0 Å². The lowest BCUT2D eigenvalue weighted by molar-refractivity contribution is 0.363. The molecule has 0 aliphatic heterocycles. The van der Waals surface area contributed by atoms with Crippen LogP contribution in [-0.2, 0) is 11.3 Å². The van der Waals surface area contributed by atoms with Gasteiger partial charge in [0.2, 0.25) is 6.08 Å². The Balaban J connectivity index is 3.24. The maximum Gasteiger partial charge on any atom is 0.235 e. The molecule has 5 heteroatoms. The SMILES string of the molecule is COc1c(F)cc(C(C)F)cc1CN=C=O. The fourth-order valence-electron chi connectivity index (χ4n) is 1.37. The quantitative estimate of drug-likeness (QED) is 0.586. The van der Waals surface area contributed by atoms with E-state index < -0.39 is 12.0 Å². The van der Waals surface area contributed by atoms with Gasteiger partial charge in [-0.15, -0.1) is 0 Å². The van der Waals surface area contributed by atoms with Crippen molar-refractivity contribution in [2.75, 3.05) is 7.11 Å².